The first-order valence-corrected chi connectivity index (χ1v) is 6.86. The van der Waals surface area contributed by atoms with Crippen LogP contribution >= 0.6 is 0 Å². The SMILES string of the molecule is CN1C=CCC=C1OCCN1C(=O)c2ccccc2C1=O. The van der Waals surface area contributed by atoms with E-state index in [4.69, 9.17) is 4.74 Å². The fraction of sp³-hybridized carbons (Fsp3) is 0.250. The summed E-state index contributed by atoms with van der Waals surface area (Å²) in [5, 5.41) is 0. The first-order chi connectivity index (χ1) is 10.2. The van der Waals surface area contributed by atoms with Gasteiger partial charge in [0.2, 0.25) is 0 Å². The van der Waals surface area contributed by atoms with E-state index in [1.807, 2.05) is 30.3 Å². The molecule has 2 amide bonds. The van der Waals surface area contributed by atoms with Gasteiger partial charge in [-0.05, 0) is 24.6 Å². The van der Waals surface area contributed by atoms with E-state index in [-0.39, 0.29) is 25.0 Å². The number of imide groups is 1. The predicted molar refractivity (Wildman–Crippen MR) is 77.4 cm³/mol. The number of ether oxygens (including phenoxy) is 1. The van der Waals surface area contributed by atoms with Crippen molar-refractivity contribution in [1.29, 1.82) is 0 Å². The molecule has 0 fully saturated rings. The Bertz CT molecular complexity index is 614. The number of rotatable bonds is 4. The summed E-state index contributed by atoms with van der Waals surface area (Å²) in [5.41, 5.74) is 0.943. The van der Waals surface area contributed by atoms with Crippen LogP contribution in [-0.4, -0.2) is 41.8 Å². The maximum atomic E-state index is 12.2. The van der Waals surface area contributed by atoms with Crippen LogP contribution in [0, 0.1) is 0 Å². The van der Waals surface area contributed by atoms with Crippen molar-refractivity contribution in [3.8, 4) is 0 Å². The van der Waals surface area contributed by atoms with Crippen LogP contribution in [0.25, 0.3) is 0 Å². The van der Waals surface area contributed by atoms with Crippen LogP contribution in [0.1, 0.15) is 27.1 Å². The summed E-state index contributed by atoms with van der Waals surface area (Å²) in [7, 11) is 1.89. The summed E-state index contributed by atoms with van der Waals surface area (Å²) in [6, 6.07) is 6.88. The monoisotopic (exact) mass is 284 g/mol. The molecule has 0 radical (unpaired) electrons. The Labute approximate surface area is 123 Å². The molecule has 2 aliphatic rings. The van der Waals surface area contributed by atoms with Gasteiger partial charge in [0.15, 0.2) is 5.88 Å². The molecule has 5 nitrogen and oxygen atoms in total. The normalized spacial score (nSPS) is 17.1. The van der Waals surface area contributed by atoms with Gasteiger partial charge >= 0.3 is 0 Å². The largest absolute Gasteiger partial charge is 0.477 e. The fourth-order valence-electron chi connectivity index (χ4n) is 2.45. The van der Waals surface area contributed by atoms with Crippen molar-refractivity contribution in [1.82, 2.24) is 9.80 Å². The third-order valence-electron chi connectivity index (χ3n) is 3.55. The van der Waals surface area contributed by atoms with Gasteiger partial charge in [0.25, 0.3) is 11.8 Å². The number of amides is 2. The molecular weight excluding hydrogens is 268 g/mol. The van der Waals surface area contributed by atoms with Crippen LogP contribution in [0.4, 0.5) is 0 Å². The van der Waals surface area contributed by atoms with Crippen molar-refractivity contribution in [3.05, 3.63) is 59.6 Å². The van der Waals surface area contributed by atoms with Gasteiger partial charge in [-0.1, -0.05) is 18.2 Å². The molecular formula is C16H16N2O3. The van der Waals surface area contributed by atoms with Crippen LogP contribution in [0.15, 0.2) is 48.5 Å². The van der Waals surface area contributed by atoms with E-state index in [9.17, 15) is 9.59 Å². The number of allylic oxidation sites excluding steroid dienone is 2. The third-order valence-corrected chi connectivity index (χ3v) is 3.55. The molecule has 0 N–H and O–H groups in total. The maximum absolute atomic E-state index is 12.2. The van der Waals surface area contributed by atoms with Gasteiger partial charge in [-0.2, -0.15) is 0 Å². The summed E-state index contributed by atoms with van der Waals surface area (Å²) in [6.07, 6.45) is 6.74. The second kappa shape index (κ2) is 5.44. The Balaban J connectivity index is 1.61. The van der Waals surface area contributed by atoms with E-state index in [1.165, 1.54) is 4.90 Å². The summed E-state index contributed by atoms with van der Waals surface area (Å²) in [6.45, 7) is 0.538. The van der Waals surface area contributed by atoms with E-state index in [2.05, 4.69) is 0 Å². The fourth-order valence-corrected chi connectivity index (χ4v) is 2.45. The van der Waals surface area contributed by atoms with E-state index < -0.39 is 0 Å². The van der Waals surface area contributed by atoms with Gasteiger partial charge in [-0.25, -0.2) is 0 Å². The second-order valence-corrected chi connectivity index (χ2v) is 4.93. The molecule has 2 heterocycles. The first-order valence-electron chi connectivity index (χ1n) is 6.86. The van der Waals surface area contributed by atoms with Crippen molar-refractivity contribution >= 4 is 11.8 Å². The highest BCUT2D eigenvalue weighted by Gasteiger charge is 2.34. The third kappa shape index (κ3) is 2.42. The molecule has 0 saturated carbocycles. The lowest BCUT2D eigenvalue weighted by Crippen LogP contribution is -2.33. The van der Waals surface area contributed by atoms with Crippen LogP contribution in [0.2, 0.25) is 0 Å². The number of carbonyl (C=O) groups is 2. The molecule has 1 aromatic rings. The Morgan fingerprint density at radius 2 is 1.81 bits per heavy atom. The highest BCUT2D eigenvalue weighted by atomic mass is 16.5. The summed E-state index contributed by atoms with van der Waals surface area (Å²) >= 11 is 0. The second-order valence-electron chi connectivity index (χ2n) is 4.93. The molecule has 108 valence electrons. The van der Waals surface area contributed by atoms with Crippen molar-refractivity contribution in [3.63, 3.8) is 0 Å². The highest BCUT2D eigenvalue weighted by molar-refractivity contribution is 6.21. The topological polar surface area (TPSA) is 49.9 Å². The number of hydrogen-bond donors (Lipinski definition) is 0. The first kappa shape index (κ1) is 13.4. The minimum absolute atomic E-state index is 0.245. The smallest absolute Gasteiger partial charge is 0.261 e. The average Bonchev–Trinajstić information content (AvgIpc) is 2.74. The highest BCUT2D eigenvalue weighted by Crippen LogP contribution is 2.22. The number of nitrogens with zero attached hydrogens (tertiary/aromatic N) is 2. The Morgan fingerprint density at radius 3 is 2.43 bits per heavy atom. The molecule has 21 heavy (non-hydrogen) atoms. The molecule has 3 rings (SSSR count). The van der Waals surface area contributed by atoms with Gasteiger partial charge < -0.3 is 9.64 Å². The number of benzene rings is 1. The zero-order chi connectivity index (χ0) is 14.8. The minimum Gasteiger partial charge on any atom is -0.477 e. The van der Waals surface area contributed by atoms with Crippen molar-refractivity contribution in [2.24, 2.45) is 0 Å². The van der Waals surface area contributed by atoms with Crippen molar-refractivity contribution in [2.45, 2.75) is 6.42 Å². The van der Waals surface area contributed by atoms with Crippen LogP contribution in [0.5, 0.6) is 0 Å². The average molecular weight is 284 g/mol. The lowest BCUT2D eigenvalue weighted by atomic mass is 10.1. The van der Waals surface area contributed by atoms with Gasteiger partial charge in [-0.3, -0.25) is 14.5 Å². The molecule has 0 bridgehead atoms. The van der Waals surface area contributed by atoms with Crippen LogP contribution in [0.3, 0.4) is 0 Å². The molecule has 2 aliphatic heterocycles. The van der Waals surface area contributed by atoms with Gasteiger partial charge in [0, 0.05) is 13.2 Å². The Hall–Kier alpha value is -2.56. The minimum atomic E-state index is -0.245. The quantitative estimate of drug-likeness (QED) is 0.793. The number of carbonyl (C=O) groups excluding carboxylic acids is 2. The van der Waals surface area contributed by atoms with Crippen LogP contribution < -0.4 is 0 Å². The zero-order valence-corrected chi connectivity index (χ0v) is 11.8. The molecule has 1 aromatic carbocycles. The van der Waals surface area contributed by atoms with Crippen molar-refractivity contribution < 1.29 is 14.3 Å². The lowest BCUT2D eigenvalue weighted by Gasteiger charge is -2.22. The summed E-state index contributed by atoms with van der Waals surface area (Å²) < 4.78 is 5.64. The molecule has 0 unspecified atom stereocenters. The maximum Gasteiger partial charge on any atom is 0.261 e. The predicted octanol–water partition coefficient (Wildman–Crippen LogP) is 1.99. The van der Waals surface area contributed by atoms with Crippen molar-refractivity contribution in [2.75, 3.05) is 20.2 Å². The Kier molecular flexibility index (Phi) is 3.48. The van der Waals surface area contributed by atoms with E-state index in [0.29, 0.717) is 11.1 Å². The zero-order valence-electron chi connectivity index (χ0n) is 11.8. The molecule has 0 spiro atoms. The molecule has 0 atom stereocenters. The summed E-state index contributed by atoms with van der Waals surface area (Å²) in [5.74, 6) is 0.254. The number of hydrogen-bond acceptors (Lipinski definition) is 4. The van der Waals surface area contributed by atoms with Gasteiger partial charge in [0.05, 0.1) is 17.7 Å². The molecule has 0 aromatic heterocycles. The standard InChI is InChI=1S/C16H16N2O3/c1-17-9-5-4-8-14(17)21-11-10-18-15(19)12-6-2-3-7-13(12)16(18)20/h2-3,5-9H,4,10-11H2,1H3. The Morgan fingerprint density at radius 1 is 1.14 bits per heavy atom. The number of fused-ring (bicyclic) bond motifs is 1. The van der Waals surface area contributed by atoms with Crippen LogP contribution in [-0.2, 0) is 4.74 Å². The summed E-state index contributed by atoms with van der Waals surface area (Å²) in [4.78, 5) is 27.4. The van der Waals surface area contributed by atoms with Gasteiger partial charge in [0.1, 0.15) is 6.61 Å². The lowest BCUT2D eigenvalue weighted by molar-refractivity contribution is 0.0583. The van der Waals surface area contributed by atoms with E-state index in [1.54, 1.807) is 24.3 Å². The van der Waals surface area contributed by atoms with E-state index in [0.717, 1.165) is 12.3 Å². The van der Waals surface area contributed by atoms with Gasteiger partial charge in [-0.15, -0.1) is 0 Å². The molecule has 5 heteroatoms. The molecule has 0 aliphatic carbocycles. The molecule has 0 saturated heterocycles. The van der Waals surface area contributed by atoms with E-state index >= 15 is 0 Å².